The van der Waals surface area contributed by atoms with Crippen molar-refractivity contribution < 1.29 is 9.53 Å². The number of ether oxygens (including phenoxy) is 1. The van der Waals surface area contributed by atoms with Crippen LogP contribution in [0.1, 0.15) is 82.6 Å². The summed E-state index contributed by atoms with van der Waals surface area (Å²) in [6.45, 7) is 3.89. The fourth-order valence-electron chi connectivity index (χ4n) is 6.69. The lowest BCUT2D eigenvalue weighted by atomic mass is 9.60. The summed E-state index contributed by atoms with van der Waals surface area (Å²) in [6.07, 6.45) is 17.5. The second kappa shape index (κ2) is 10.5. The van der Waals surface area contributed by atoms with E-state index >= 15 is 0 Å². The minimum absolute atomic E-state index is 0.0310. The predicted octanol–water partition coefficient (Wildman–Crippen LogP) is 7.07. The van der Waals surface area contributed by atoms with Gasteiger partial charge in [-0.25, -0.2) is 0 Å². The molecule has 0 heterocycles. The molecule has 3 aliphatic rings. The molecule has 0 saturated heterocycles. The zero-order valence-electron chi connectivity index (χ0n) is 18.8. The third-order valence-corrected chi connectivity index (χ3v) is 8.51. The van der Waals surface area contributed by atoms with E-state index in [4.69, 9.17) is 10.00 Å². The fraction of sp³-hybridized carbons (Fsp3) is 0.643. The van der Waals surface area contributed by atoms with Crippen molar-refractivity contribution in [2.45, 2.75) is 77.0 Å². The minimum Gasteiger partial charge on any atom is -0.426 e. The monoisotopic (exact) mass is 419 g/mol. The molecular formula is C28H37NO2. The van der Waals surface area contributed by atoms with E-state index in [1.54, 1.807) is 24.3 Å². The summed E-state index contributed by atoms with van der Waals surface area (Å²) in [4.78, 5) is 12.6. The van der Waals surface area contributed by atoms with Gasteiger partial charge in [0.25, 0.3) is 0 Å². The molecule has 166 valence electrons. The minimum atomic E-state index is -0.0929. The normalized spacial score (nSPS) is 33.0. The van der Waals surface area contributed by atoms with E-state index < -0.39 is 0 Å². The van der Waals surface area contributed by atoms with Gasteiger partial charge < -0.3 is 4.74 Å². The predicted molar refractivity (Wildman–Crippen MR) is 123 cm³/mol. The summed E-state index contributed by atoms with van der Waals surface area (Å²) in [7, 11) is 0. The summed E-state index contributed by atoms with van der Waals surface area (Å²) in [6, 6.07) is 8.91. The maximum atomic E-state index is 12.6. The first-order valence-electron chi connectivity index (χ1n) is 12.5. The Kier molecular flexibility index (Phi) is 7.49. The van der Waals surface area contributed by atoms with Gasteiger partial charge in [0, 0.05) is 0 Å². The Morgan fingerprint density at radius 3 is 2.23 bits per heavy atom. The number of nitrogens with zero attached hydrogens (tertiary/aromatic N) is 1. The van der Waals surface area contributed by atoms with E-state index in [0.29, 0.717) is 11.3 Å². The van der Waals surface area contributed by atoms with E-state index in [1.165, 1.54) is 64.2 Å². The standard InChI is InChI=1S/C28H37NO2/c1-2-3-4-20-5-8-26-18-25(14-13-24(26)17-20)22-9-11-23(12-10-22)28(30)31-27-15-6-21(19-29)7-16-27/h2,6-7,15-16,20,22-26H,1,3-5,8-14,17-18H2. The van der Waals surface area contributed by atoms with Gasteiger partial charge in [-0.15, -0.1) is 6.58 Å². The SMILES string of the molecule is C=CCCC1CCC2CC(C3CCC(C(=O)Oc4ccc(C#N)cc4)CC3)CCC2C1. The number of allylic oxidation sites excluding steroid dienone is 1. The Hall–Kier alpha value is -2.08. The topological polar surface area (TPSA) is 50.1 Å². The summed E-state index contributed by atoms with van der Waals surface area (Å²) >= 11 is 0. The smallest absolute Gasteiger partial charge is 0.314 e. The van der Waals surface area contributed by atoms with Crippen LogP contribution in [0.4, 0.5) is 0 Å². The third kappa shape index (κ3) is 5.59. The summed E-state index contributed by atoms with van der Waals surface area (Å²) in [5.74, 6) is 5.03. The van der Waals surface area contributed by atoms with Crippen molar-refractivity contribution in [3.05, 3.63) is 42.5 Å². The molecule has 0 aliphatic heterocycles. The number of rotatable bonds is 6. The van der Waals surface area contributed by atoms with Gasteiger partial charge in [0.05, 0.1) is 17.6 Å². The molecule has 3 fully saturated rings. The van der Waals surface area contributed by atoms with Crippen LogP contribution < -0.4 is 4.74 Å². The Morgan fingerprint density at radius 1 is 0.935 bits per heavy atom. The summed E-state index contributed by atoms with van der Waals surface area (Å²) in [5.41, 5.74) is 0.584. The number of carbonyl (C=O) groups is 1. The van der Waals surface area contributed by atoms with Gasteiger partial charge in [-0.3, -0.25) is 4.79 Å². The lowest BCUT2D eigenvalue weighted by Gasteiger charge is -2.45. The van der Waals surface area contributed by atoms with Crippen LogP contribution >= 0.6 is 0 Å². The van der Waals surface area contributed by atoms with Gasteiger partial charge in [0.15, 0.2) is 0 Å². The average Bonchev–Trinajstić information content (AvgIpc) is 2.83. The first kappa shape index (κ1) is 22.1. The van der Waals surface area contributed by atoms with Crippen LogP contribution in [0.3, 0.4) is 0 Å². The summed E-state index contributed by atoms with van der Waals surface area (Å²) in [5, 5.41) is 8.89. The maximum absolute atomic E-state index is 12.6. The van der Waals surface area contributed by atoms with Gasteiger partial charge in [0.2, 0.25) is 0 Å². The van der Waals surface area contributed by atoms with Crippen LogP contribution in [-0.4, -0.2) is 5.97 Å². The molecule has 3 heteroatoms. The van der Waals surface area contributed by atoms with Crippen LogP contribution in [0.2, 0.25) is 0 Å². The van der Waals surface area contributed by atoms with Crippen LogP contribution in [-0.2, 0) is 4.79 Å². The molecule has 4 rings (SSSR count). The van der Waals surface area contributed by atoms with E-state index in [-0.39, 0.29) is 11.9 Å². The third-order valence-electron chi connectivity index (χ3n) is 8.51. The number of benzene rings is 1. The Balaban J connectivity index is 1.22. The van der Waals surface area contributed by atoms with E-state index in [0.717, 1.165) is 42.4 Å². The van der Waals surface area contributed by atoms with Crippen LogP contribution in [0, 0.1) is 46.8 Å². The number of carbonyl (C=O) groups excluding carboxylic acids is 1. The molecule has 0 amide bonds. The van der Waals surface area contributed by atoms with Crippen LogP contribution in [0.5, 0.6) is 5.75 Å². The molecule has 1 aromatic carbocycles. The largest absolute Gasteiger partial charge is 0.426 e. The lowest BCUT2D eigenvalue weighted by Crippen LogP contribution is -2.35. The molecule has 0 bridgehead atoms. The Bertz CT molecular complexity index is 784. The molecule has 0 aromatic heterocycles. The molecule has 1 aromatic rings. The highest BCUT2D eigenvalue weighted by atomic mass is 16.5. The first-order chi connectivity index (χ1) is 15.2. The highest BCUT2D eigenvalue weighted by molar-refractivity contribution is 5.75. The molecule has 4 atom stereocenters. The van der Waals surface area contributed by atoms with Crippen molar-refractivity contribution in [2.75, 3.05) is 0 Å². The van der Waals surface area contributed by atoms with Gasteiger partial charge in [0.1, 0.15) is 5.75 Å². The average molecular weight is 420 g/mol. The van der Waals surface area contributed by atoms with Crippen molar-refractivity contribution in [1.29, 1.82) is 5.26 Å². The number of hydrogen-bond donors (Lipinski definition) is 0. The van der Waals surface area contributed by atoms with Gasteiger partial charge in [-0.05, 0) is 124 Å². The Labute approximate surface area is 187 Å². The van der Waals surface area contributed by atoms with E-state index in [9.17, 15) is 4.79 Å². The van der Waals surface area contributed by atoms with Crippen molar-refractivity contribution in [3.8, 4) is 11.8 Å². The van der Waals surface area contributed by atoms with Crippen LogP contribution in [0.25, 0.3) is 0 Å². The second-order valence-electron chi connectivity index (χ2n) is 10.3. The van der Waals surface area contributed by atoms with Gasteiger partial charge in [-0.1, -0.05) is 12.5 Å². The quantitative estimate of drug-likeness (QED) is 0.281. The number of fused-ring (bicyclic) bond motifs is 1. The molecule has 4 unspecified atom stereocenters. The van der Waals surface area contributed by atoms with Crippen molar-refractivity contribution >= 4 is 5.97 Å². The molecule has 31 heavy (non-hydrogen) atoms. The highest BCUT2D eigenvalue weighted by Gasteiger charge is 2.39. The molecule has 3 nitrogen and oxygen atoms in total. The fourth-order valence-corrected chi connectivity index (χ4v) is 6.69. The van der Waals surface area contributed by atoms with Gasteiger partial charge in [-0.2, -0.15) is 5.26 Å². The maximum Gasteiger partial charge on any atom is 0.314 e. The number of esters is 1. The highest BCUT2D eigenvalue weighted by Crippen LogP contribution is 2.49. The van der Waals surface area contributed by atoms with Crippen LogP contribution in [0.15, 0.2) is 36.9 Å². The lowest BCUT2D eigenvalue weighted by molar-refractivity contribution is -0.140. The molecular weight excluding hydrogens is 382 g/mol. The van der Waals surface area contributed by atoms with Crippen molar-refractivity contribution in [2.24, 2.45) is 35.5 Å². The van der Waals surface area contributed by atoms with Gasteiger partial charge >= 0.3 is 5.97 Å². The zero-order valence-corrected chi connectivity index (χ0v) is 18.8. The molecule has 0 N–H and O–H groups in total. The number of nitriles is 1. The van der Waals surface area contributed by atoms with Crippen molar-refractivity contribution in [3.63, 3.8) is 0 Å². The molecule has 3 aliphatic carbocycles. The zero-order chi connectivity index (χ0) is 21.6. The van der Waals surface area contributed by atoms with Crippen molar-refractivity contribution in [1.82, 2.24) is 0 Å². The summed E-state index contributed by atoms with van der Waals surface area (Å²) < 4.78 is 5.59. The van der Waals surface area contributed by atoms with E-state index in [1.807, 2.05) is 0 Å². The Morgan fingerprint density at radius 2 is 1.55 bits per heavy atom. The first-order valence-corrected chi connectivity index (χ1v) is 12.5. The molecule has 0 spiro atoms. The molecule has 3 saturated carbocycles. The second-order valence-corrected chi connectivity index (χ2v) is 10.3. The molecule has 0 radical (unpaired) electrons. The number of hydrogen-bond acceptors (Lipinski definition) is 3. The van der Waals surface area contributed by atoms with E-state index in [2.05, 4.69) is 18.7 Å².